The number of aromatic amines is 1. The summed E-state index contributed by atoms with van der Waals surface area (Å²) < 4.78 is 0. The number of hydrogen-bond donors (Lipinski definition) is 2. The number of aromatic nitrogens is 5. The van der Waals surface area contributed by atoms with Gasteiger partial charge in [-0.3, -0.25) is 0 Å². The van der Waals surface area contributed by atoms with Gasteiger partial charge in [0.05, 0.1) is 17.6 Å². The van der Waals surface area contributed by atoms with Crippen molar-refractivity contribution < 1.29 is 0 Å². The van der Waals surface area contributed by atoms with Crippen molar-refractivity contribution >= 4 is 28.6 Å². The molecule has 0 aliphatic rings. The Morgan fingerprint density at radius 3 is 2.95 bits per heavy atom. The van der Waals surface area contributed by atoms with E-state index in [9.17, 15) is 0 Å². The molecule has 3 heterocycles. The maximum atomic E-state index is 8.94. The molecule has 0 unspecified atom stereocenters. The molecule has 0 aromatic carbocycles. The van der Waals surface area contributed by atoms with E-state index >= 15 is 0 Å². The maximum Gasteiger partial charge on any atom is 0.181 e. The largest absolute Gasteiger partial charge is 0.395 e. The predicted octanol–water partition coefficient (Wildman–Crippen LogP) is 1.35. The lowest BCUT2D eigenvalue weighted by atomic mass is 10.2. The topological polar surface area (TPSA) is 117 Å². The first kappa shape index (κ1) is 11.4. The van der Waals surface area contributed by atoms with Crippen molar-refractivity contribution in [2.24, 2.45) is 0 Å². The van der Waals surface area contributed by atoms with E-state index in [0.29, 0.717) is 26.9 Å². The number of nitrogens with two attached hydrogens (primary N) is 1. The second-order valence-corrected chi connectivity index (χ2v) is 4.55. The normalized spacial score (nSPS) is 10.5. The molecule has 0 bridgehead atoms. The van der Waals surface area contributed by atoms with E-state index in [0.717, 1.165) is 5.52 Å². The summed E-state index contributed by atoms with van der Waals surface area (Å²) in [6.45, 7) is 0. The summed E-state index contributed by atoms with van der Waals surface area (Å²) in [4.78, 5) is 19.4. The fraction of sp³-hybridized carbons (Fsp3) is 0. The Hall–Kier alpha value is -2.66. The number of H-pyrrole nitrogens is 1. The van der Waals surface area contributed by atoms with E-state index in [1.54, 1.807) is 18.6 Å². The zero-order valence-corrected chi connectivity index (χ0v) is 10.3. The summed E-state index contributed by atoms with van der Waals surface area (Å²) in [5.41, 5.74) is 7.93. The van der Waals surface area contributed by atoms with Gasteiger partial charge in [0.2, 0.25) is 0 Å². The van der Waals surface area contributed by atoms with Gasteiger partial charge in [-0.05, 0) is 17.8 Å². The minimum Gasteiger partial charge on any atom is -0.395 e. The van der Waals surface area contributed by atoms with Gasteiger partial charge in [0.15, 0.2) is 5.65 Å². The first-order valence-corrected chi connectivity index (χ1v) is 6.07. The highest BCUT2D eigenvalue weighted by atomic mass is 32.2. The van der Waals surface area contributed by atoms with Gasteiger partial charge in [-0.25, -0.2) is 19.9 Å². The van der Waals surface area contributed by atoms with Crippen molar-refractivity contribution in [3.8, 4) is 6.07 Å². The van der Waals surface area contributed by atoms with Gasteiger partial charge in [0.1, 0.15) is 28.0 Å². The van der Waals surface area contributed by atoms with Crippen LogP contribution in [0.25, 0.3) is 11.2 Å². The molecule has 0 aliphatic carbocycles. The summed E-state index contributed by atoms with van der Waals surface area (Å²) in [6.07, 6.45) is 4.52. The Morgan fingerprint density at radius 2 is 2.11 bits per heavy atom. The number of nitrogen functional groups attached to an aromatic ring is 1. The van der Waals surface area contributed by atoms with E-state index in [4.69, 9.17) is 11.0 Å². The van der Waals surface area contributed by atoms with Crippen molar-refractivity contribution in [2.45, 2.75) is 10.1 Å². The number of nitrogens with one attached hydrogen (secondary N) is 1. The average Bonchev–Trinajstić information content (AvgIpc) is 2.90. The Bertz CT molecular complexity index is 789. The summed E-state index contributed by atoms with van der Waals surface area (Å²) in [6, 6.07) is 3.60. The van der Waals surface area contributed by atoms with Gasteiger partial charge in [0, 0.05) is 6.20 Å². The van der Waals surface area contributed by atoms with Crippen LogP contribution in [0.15, 0.2) is 35.0 Å². The fourth-order valence-electron chi connectivity index (χ4n) is 1.54. The van der Waals surface area contributed by atoms with E-state index in [1.165, 1.54) is 18.1 Å². The molecule has 7 nitrogen and oxygen atoms in total. The number of rotatable bonds is 2. The van der Waals surface area contributed by atoms with E-state index in [1.807, 2.05) is 6.07 Å². The molecule has 0 radical (unpaired) electrons. The number of hydrogen-bond acceptors (Lipinski definition) is 7. The molecule has 0 spiro atoms. The van der Waals surface area contributed by atoms with Crippen LogP contribution in [0, 0.1) is 11.3 Å². The standard InChI is InChI=1S/C11H7N7S/c12-3-6-1-2-14-10(7(6)13)19-11-8-9(16-4-15-8)17-5-18-11/h1-2,4-5H,13H2,(H,15,16,17,18). The number of imidazole rings is 1. The molecule has 19 heavy (non-hydrogen) atoms. The summed E-state index contributed by atoms with van der Waals surface area (Å²) in [5, 5.41) is 10.1. The van der Waals surface area contributed by atoms with Gasteiger partial charge >= 0.3 is 0 Å². The van der Waals surface area contributed by atoms with Gasteiger partial charge in [-0.2, -0.15) is 5.26 Å². The molecule has 0 saturated carbocycles. The monoisotopic (exact) mass is 269 g/mol. The van der Waals surface area contributed by atoms with Crippen molar-refractivity contribution in [2.75, 3.05) is 5.73 Å². The Morgan fingerprint density at radius 1 is 1.21 bits per heavy atom. The Kier molecular flexibility index (Phi) is 2.74. The van der Waals surface area contributed by atoms with Crippen LogP contribution in [0.1, 0.15) is 5.56 Å². The fourth-order valence-corrected chi connectivity index (χ4v) is 2.41. The van der Waals surface area contributed by atoms with Crippen molar-refractivity contribution in [3.05, 3.63) is 30.5 Å². The molecule has 0 atom stereocenters. The van der Waals surface area contributed by atoms with E-state index in [2.05, 4.69) is 24.9 Å². The summed E-state index contributed by atoms with van der Waals surface area (Å²) in [7, 11) is 0. The van der Waals surface area contributed by atoms with Crippen LogP contribution in [0.2, 0.25) is 0 Å². The zero-order valence-electron chi connectivity index (χ0n) is 9.53. The zero-order chi connectivity index (χ0) is 13.2. The number of pyridine rings is 1. The third kappa shape index (κ3) is 1.96. The van der Waals surface area contributed by atoms with E-state index in [-0.39, 0.29) is 0 Å². The van der Waals surface area contributed by atoms with Gasteiger partial charge in [-0.1, -0.05) is 0 Å². The molecular formula is C11H7N7S. The lowest BCUT2D eigenvalue weighted by Gasteiger charge is -2.04. The molecule has 3 rings (SSSR count). The lowest BCUT2D eigenvalue weighted by Crippen LogP contribution is -1.96. The van der Waals surface area contributed by atoms with Crippen molar-refractivity contribution in [3.63, 3.8) is 0 Å². The molecular weight excluding hydrogens is 262 g/mol. The number of anilines is 1. The smallest absolute Gasteiger partial charge is 0.181 e. The SMILES string of the molecule is N#Cc1ccnc(Sc2ncnc3nc[nH]c23)c1N. The highest BCUT2D eigenvalue weighted by Gasteiger charge is 2.12. The maximum absolute atomic E-state index is 8.94. The minimum absolute atomic E-state index is 0.348. The molecule has 3 N–H and O–H groups in total. The second-order valence-electron chi connectivity index (χ2n) is 3.57. The number of nitriles is 1. The Labute approximate surface area is 111 Å². The summed E-state index contributed by atoms with van der Waals surface area (Å²) >= 11 is 1.27. The Balaban J connectivity index is 2.07. The van der Waals surface area contributed by atoms with Crippen molar-refractivity contribution in [1.29, 1.82) is 5.26 Å². The molecule has 0 aliphatic heterocycles. The van der Waals surface area contributed by atoms with E-state index < -0.39 is 0 Å². The van der Waals surface area contributed by atoms with Crippen LogP contribution < -0.4 is 5.73 Å². The number of nitrogens with zero attached hydrogens (tertiary/aromatic N) is 5. The van der Waals surface area contributed by atoms with Crippen LogP contribution in [0.3, 0.4) is 0 Å². The number of fused-ring (bicyclic) bond motifs is 1. The molecule has 8 heteroatoms. The molecule has 0 saturated heterocycles. The van der Waals surface area contributed by atoms with Gasteiger partial charge in [0.25, 0.3) is 0 Å². The molecule has 3 aromatic rings. The predicted molar refractivity (Wildman–Crippen MR) is 69.2 cm³/mol. The van der Waals surface area contributed by atoms with Gasteiger partial charge < -0.3 is 10.7 Å². The van der Waals surface area contributed by atoms with Crippen LogP contribution in [-0.2, 0) is 0 Å². The van der Waals surface area contributed by atoms with Crippen LogP contribution in [0.4, 0.5) is 5.69 Å². The highest BCUT2D eigenvalue weighted by Crippen LogP contribution is 2.32. The highest BCUT2D eigenvalue weighted by molar-refractivity contribution is 7.99. The first-order chi connectivity index (χ1) is 9.29. The first-order valence-electron chi connectivity index (χ1n) is 5.26. The van der Waals surface area contributed by atoms with Crippen LogP contribution >= 0.6 is 11.8 Å². The van der Waals surface area contributed by atoms with Crippen molar-refractivity contribution in [1.82, 2.24) is 24.9 Å². The van der Waals surface area contributed by atoms with Crippen LogP contribution in [0.5, 0.6) is 0 Å². The summed E-state index contributed by atoms with van der Waals surface area (Å²) in [5.74, 6) is 0. The third-order valence-electron chi connectivity index (χ3n) is 2.46. The quantitative estimate of drug-likeness (QED) is 0.674. The van der Waals surface area contributed by atoms with Crippen LogP contribution in [-0.4, -0.2) is 24.9 Å². The minimum atomic E-state index is 0.348. The molecule has 3 aromatic heterocycles. The second kappa shape index (κ2) is 4.55. The molecule has 0 fully saturated rings. The molecule has 92 valence electrons. The average molecular weight is 269 g/mol. The van der Waals surface area contributed by atoms with Gasteiger partial charge in [-0.15, -0.1) is 0 Å². The molecule has 0 amide bonds. The third-order valence-corrected chi connectivity index (χ3v) is 3.48. The lowest BCUT2D eigenvalue weighted by molar-refractivity contribution is 1.07.